The SMILES string of the molecule is O=C(Nc1ccc(Oc2ccnc(NC(c3ccccc3)c3ccccc3)c2Cl)c(F)c1)c1cn(CN2CCC(C(=O)O)CC2)cc(-c2ccc(F)cc2)c1=O. The van der Waals surface area contributed by atoms with E-state index in [1.54, 1.807) is 10.8 Å². The maximum atomic E-state index is 15.6. The van der Waals surface area contributed by atoms with Crippen LogP contribution in [0.2, 0.25) is 5.02 Å². The predicted molar refractivity (Wildman–Crippen MR) is 210 cm³/mol. The zero-order valence-electron chi connectivity index (χ0n) is 29.9. The molecule has 1 amide bonds. The summed E-state index contributed by atoms with van der Waals surface area (Å²) in [5, 5.41) is 15.5. The molecule has 0 saturated carbocycles. The quantitative estimate of drug-likeness (QED) is 0.113. The van der Waals surface area contributed by atoms with Crippen molar-refractivity contribution in [1.29, 1.82) is 0 Å². The molecule has 0 spiro atoms. The molecule has 7 rings (SSSR count). The number of rotatable bonds is 12. The topological polar surface area (TPSA) is 126 Å². The molecule has 0 unspecified atom stereocenters. The van der Waals surface area contributed by atoms with Crippen LogP contribution in [0.1, 0.15) is 40.4 Å². The molecule has 0 atom stereocenters. The Balaban J connectivity index is 1.10. The fourth-order valence-corrected chi connectivity index (χ4v) is 6.84. The van der Waals surface area contributed by atoms with Crippen molar-refractivity contribution in [3.63, 3.8) is 0 Å². The molecule has 56 heavy (non-hydrogen) atoms. The van der Waals surface area contributed by atoms with Crippen molar-refractivity contribution >= 4 is 35.0 Å². The van der Waals surface area contributed by atoms with Gasteiger partial charge in [0, 0.05) is 55.1 Å². The van der Waals surface area contributed by atoms with Crippen LogP contribution >= 0.6 is 11.6 Å². The number of benzene rings is 4. The monoisotopic (exact) mass is 775 g/mol. The van der Waals surface area contributed by atoms with Gasteiger partial charge in [0.15, 0.2) is 17.3 Å². The second-order valence-electron chi connectivity index (χ2n) is 13.4. The smallest absolute Gasteiger partial charge is 0.306 e. The number of carboxylic acids is 1. The summed E-state index contributed by atoms with van der Waals surface area (Å²) < 4.78 is 36.9. The summed E-state index contributed by atoms with van der Waals surface area (Å²) in [6.07, 6.45) is 5.41. The Morgan fingerprint density at radius 1 is 0.875 bits per heavy atom. The van der Waals surface area contributed by atoms with Crippen LogP contribution in [-0.4, -0.2) is 44.5 Å². The van der Waals surface area contributed by atoms with Crippen LogP contribution in [0.25, 0.3) is 11.1 Å². The minimum atomic E-state index is -0.832. The highest BCUT2D eigenvalue weighted by atomic mass is 35.5. The lowest BCUT2D eigenvalue weighted by Crippen LogP contribution is -2.37. The average molecular weight is 776 g/mol. The molecule has 1 aliphatic heterocycles. The number of hydrogen-bond donors (Lipinski definition) is 3. The zero-order chi connectivity index (χ0) is 39.2. The van der Waals surface area contributed by atoms with Gasteiger partial charge in [0.2, 0.25) is 5.43 Å². The number of carboxylic acid groups (broad SMARTS) is 1. The number of piperidine rings is 1. The number of pyridine rings is 2. The Bertz CT molecular complexity index is 2370. The third-order valence-electron chi connectivity index (χ3n) is 9.59. The maximum absolute atomic E-state index is 15.6. The summed E-state index contributed by atoms with van der Waals surface area (Å²) in [5.74, 6) is -3.04. The van der Waals surface area contributed by atoms with Gasteiger partial charge in [-0.15, -0.1) is 0 Å². The van der Waals surface area contributed by atoms with Gasteiger partial charge in [-0.3, -0.25) is 19.3 Å². The molecule has 10 nitrogen and oxygen atoms in total. The van der Waals surface area contributed by atoms with E-state index in [1.165, 1.54) is 54.9 Å². The number of carbonyl (C=O) groups is 2. The molecule has 3 heterocycles. The molecule has 0 aliphatic carbocycles. The lowest BCUT2D eigenvalue weighted by atomic mass is 9.97. The Labute approximate surface area is 326 Å². The van der Waals surface area contributed by atoms with Crippen molar-refractivity contribution in [2.45, 2.75) is 25.6 Å². The van der Waals surface area contributed by atoms with E-state index >= 15 is 4.39 Å². The fourth-order valence-electron chi connectivity index (χ4n) is 6.63. The molecule has 1 saturated heterocycles. The van der Waals surface area contributed by atoms with Crippen molar-refractivity contribution in [1.82, 2.24) is 14.5 Å². The number of aromatic nitrogens is 2. The molecule has 0 bridgehead atoms. The van der Waals surface area contributed by atoms with E-state index < -0.39 is 34.9 Å². The minimum absolute atomic E-state index is 0.0606. The van der Waals surface area contributed by atoms with Crippen LogP contribution in [-0.2, 0) is 11.5 Å². The van der Waals surface area contributed by atoms with Gasteiger partial charge in [-0.25, -0.2) is 13.8 Å². The van der Waals surface area contributed by atoms with Gasteiger partial charge >= 0.3 is 5.97 Å². The molecule has 2 aromatic heterocycles. The number of nitrogens with one attached hydrogen (secondary N) is 2. The first-order chi connectivity index (χ1) is 27.1. The Morgan fingerprint density at radius 3 is 2.16 bits per heavy atom. The number of amides is 1. The van der Waals surface area contributed by atoms with E-state index in [1.807, 2.05) is 65.6 Å². The van der Waals surface area contributed by atoms with Crippen LogP contribution in [0.3, 0.4) is 0 Å². The summed E-state index contributed by atoms with van der Waals surface area (Å²) in [5.41, 5.74) is 1.76. The third-order valence-corrected chi connectivity index (χ3v) is 9.95. The summed E-state index contributed by atoms with van der Waals surface area (Å²) >= 11 is 6.76. The van der Waals surface area contributed by atoms with Crippen molar-refractivity contribution in [3.8, 4) is 22.6 Å². The number of likely N-dealkylation sites (tertiary alicyclic amines) is 1. The minimum Gasteiger partial charge on any atom is -0.481 e. The van der Waals surface area contributed by atoms with E-state index in [0.29, 0.717) is 37.3 Å². The molecule has 1 fully saturated rings. The second-order valence-corrected chi connectivity index (χ2v) is 13.8. The van der Waals surface area contributed by atoms with Crippen molar-refractivity contribution in [2.75, 3.05) is 23.7 Å². The van der Waals surface area contributed by atoms with E-state index in [0.717, 1.165) is 17.2 Å². The number of carbonyl (C=O) groups excluding carboxylic acids is 1. The first kappa shape index (κ1) is 37.9. The predicted octanol–water partition coefficient (Wildman–Crippen LogP) is 8.84. The summed E-state index contributed by atoms with van der Waals surface area (Å²) in [7, 11) is 0. The van der Waals surface area contributed by atoms with Crippen LogP contribution in [0, 0.1) is 17.6 Å². The van der Waals surface area contributed by atoms with Gasteiger partial charge in [0.25, 0.3) is 5.91 Å². The first-order valence-electron chi connectivity index (χ1n) is 17.9. The third kappa shape index (κ3) is 8.78. The molecule has 1 aliphatic rings. The van der Waals surface area contributed by atoms with Crippen LogP contribution in [0.15, 0.2) is 133 Å². The standard InChI is InChI=1S/C43H36ClF2N5O5/c44-38-37(17-20-47-41(38)49-39(28-7-3-1-4-8-28)29-9-5-2-6-10-29)56-36-16-15-32(23-35(36)46)48-42(53)34-25-51(26-50-21-18-30(19-22-50)43(54)55)24-33(40(34)52)27-11-13-31(45)14-12-27/h1-17,20,23-25,30,39H,18-19,21-22,26H2,(H,47,49)(H,48,53)(H,54,55). The summed E-state index contributed by atoms with van der Waals surface area (Å²) in [6.45, 7) is 1.29. The zero-order valence-corrected chi connectivity index (χ0v) is 30.6. The maximum Gasteiger partial charge on any atom is 0.306 e. The van der Waals surface area contributed by atoms with E-state index in [2.05, 4.69) is 15.6 Å². The molecule has 6 aromatic rings. The lowest BCUT2D eigenvalue weighted by Gasteiger charge is -2.30. The van der Waals surface area contributed by atoms with Crippen molar-refractivity contribution < 1.29 is 28.2 Å². The van der Waals surface area contributed by atoms with Crippen LogP contribution in [0.4, 0.5) is 20.3 Å². The highest BCUT2D eigenvalue weighted by molar-refractivity contribution is 6.34. The lowest BCUT2D eigenvalue weighted by molar-refractivity contribution is -0.143. The van der Waals surface area contributed by atoms with Gasteiger partial charge in [-0.2, -0.15) is 0 Å². The van der Waals surface area contributed by atoms with Gasteiger partial charge in [0.1, 0.15) is 22.2 Å². The Hall–Kier alpha value is -6.37. The van der Waals surface area contributed by atoms with E-state index in [-0.39, 0.29) is 46.0 Å². The molecular formula is C43H36ClF2N5O5. The normalized spacial score (nSPS) is 13.4. The number of halogens is 3. The van der Waals surface area contributed by atoms with Crippen molar-refractivity contribution in [2.24, 2.45) is 5.92 Å². The number of nitrogens with zero attached hydrogens (tertiary/aromatic N) is 3. The summed E-state index contributed by atoms with van der Waals surface area (Å²) in [6, 6.07) is 29.9. The van der Waals surface area contributed by atoms with Crippen LogP contribution in [0.5, 0.6) is 11.5 Å². The second kappa shape index (κ2) is 17.0. The number of anilines is 2. The van der Waals surface area contributed by atoms with Gasteiger partial charge in [-0.05, 0) is 53.8 Å². The Morgan fingerprint density at radius 2 is 1.54 bits per heavy atom. The van der Waals surface area contributed by atoms with Gasteiger partial charge in [0.05, 0.1) is 18.6 Å². The molecule has 13 heteroatoms. The average Bonchev–Trinajstić information content (AvgIpc) is 3.21. The Kier molecular flexibility index (Phi) is 11.5. The molecule has 4 aromatic carbocycles. The van der Waals surface area contributed by atoms with Gasteiger partial charge < -0.3 is 25.0 Å². The molecule has 284 valence electrons. The highest BCUT2D eigenvalue weighted by Gasteiger charge is 2.25. The van der Waals surface area contributed by atoms with Crippen molar-refractivity contribution in [3.05, 3.63) is 171 Å². The molecular weight excluding hydrogens is 740 g/mol. The van der Waals surface area contributed by atoms with E-state index in [9.17, 15) is 23.9 Å². The molecule has 0 radical (unpaired) electrons. The number of hydrogen-bond acceptors (Lipinski definition) is 7. The first-order valence-corrected chi connectivity index (χ1v) is 18.3. The number of aliphatic carboxylic acids is 1. The van der Waals surface area contributed by atoms with E-state index in [4.69, 9.17) is 16.3 Å². The fraction of sp³-hybridized carbons (Fsp3) is 0.163. The van der Waals surface area contributed by atoms with Gasteiger partial charge in [-0.1, -0.05) is 84.4 Å². The molecule has 3 N–H and O–H groups in total. The number of ether oxygens (including phenoxy) is 1. The van der Waals surface area contributed by atoms with Crippen LogP contribution < -0.4 is 20.8 Å². The largest absolute Gasteiger partial charge is 0.481 e. The highest BCUT2D eigenvalue weighted by Crippen LogP contribution is 2.37. The summed E-state index contributed by atoms with van der Waals surface area (Å²) in [4.78, 5) is 45.2.